The molecule has 0 aliphatic carbocycles. The molecular weight excluding hydrogens is 240 g/mol. The van der Waals surface area contributed by atoms with Crippen molar-refractivity contribution in [3.8, 4) is 0 Å². The molecule has 1 rings (SSSR count). The largest absolute Gasteiger partial charge is 0.354 e. The van der Waals surface area contributed by atoms with E-state index in [1.54, 1.807) is 0 Å². The molecule has 4 nitrogen and oxygen atoms in total. The average Bonchev–Trinajstić information content (AvgIpc) is 2.82. The third-order valence-corrected chi connectivity index (χ3v) is 3.74. The molecule has 1 aliphatic rings. The summed E-state index contributed by atoms with van der Waals surface area (Å²) in [5.74, 6) is 0.482. The van der Waals surface area contributed by atoms with Crippen LogP contribution in [0.4, 0.5) is 0 Å². The maximum absolute atomic E-state index is 11.8. The number of carbonyl (C=O) groups is 2. The van der Waals surface area contributed by atoms with Crippen molar-refractivity contribution in [3.05, 3.63) is 0 Å². The molecule has 19 heavy (non-hydrogen) atoms. The van der Waals surface area contributed by atoms with Gasteiger partial charge in [0.1, 0.15) is 6.04 Å². The molecule has 0 aromatic carbocycles. The van der Waals surface area contributed by atoms with E-state index < -0.39 is 0 Å². The second-order valence-corrected chi connectivity index (χ2v) is 5.71. The SMILES string of the molecule is CCCCCCC[C@@H](C)CNC(=O)[C@H]1CCC(=O)N1. The second kappa shape index (κ2) is 8.94. The van der Waals surface area contributed by atoms with Gasteiger partial charge < -0.3 is 10.6 Å². The first-order valence-electron chi connectivity index (χ1n) is 7.70. The summed E-state index contributed by atoms with van der Waals surface area (Å²) in [6, 6.07) is -0.302. The van der Waals surface area contributed by atoms with Gasteiger partial charge in [-0.25, -0.2) is 0 Å². The van der Waals surface area contributed by atoms with Gasteiger partial charge in [0, 0.05) is 13.0 Å². The summed E-state index contributed by atoms with van der Waals surface area (Å²) in [6.45, 7) is 5.12. The summed E-state index contributed by atoms with van der Waals surface area (Å²) < 4.78 is 0. The molecule has 2 amide bonds. The Kier molecular flexibility index (Phi) is 7.53. The number of rotatable bonds is 9. The summed E-state index contributed by atoms with van der Waals surface area (Å²) in [5, 5.41) is 5.64. The minimum atomic E-state index is -0.302. The molecular formula is C15H28N2O2. The molecule has 0 saturated carbocycles. The fourth-order valence-corrected chi connectivity index (χ4v) is 2.41. The molecule has 1 aliphatic heterocycles. The molecule has 0 spiro atoms. The highest BCUT2D eigenvalue weighted by Crippen LogP contribution is 2.11. The van der Waals surface area contributed by atoms with Crippen LogP contribution in [0.3, 0.4) is 0 Å². The lowest BCUT2D eigenvalue weighted by Gasteiger charge is -2.15. The fourth-order valence-electron chi connectivity index (χ4n) is 2.41. The Bertz CT molecular complexity index is 292. The zero-order valence-corrected chi connectivity index (χ0v) is 12.3. The van der Waals surface area contributed by atoms with Crippen molar-refractivity contribution in [3.63, 3.8) is 0 Å². The van der Waals surface area contributed by atoms with Gasteiger partial charge in [0.15, 0.2) is 0 Å². The Morgan fingerprint density at radius 1 is 1.37 bits per heavy atom. The first-order chi connectivity index (χ1) is 9.13. The molecule has 110 valence electrons. The van der Waals surface area contributed by atoms with Gasteiger partial charge in [-0.15, -0.1) is 0 Å². The molecule has 4 heteroatoms. The zero-order valence-electron chi connectivity index (χ0n) is 12.3. The van der Waals surface area contributed by atoms with Gasteiger partial charge in [-0.2, -0.15) is 0 Å². The summed E-state index contributed by atoms with van der Waals surface area (Å²) in [4.78, 5) is 22.8. The molecule has 0 bridgehead atoms. The molecule has 0 radical (unpaired) electrons. The molecule has 0 aromatic heterocycles. The average molecular weight is 268 g/mol. The Morgan fingerprint density at radius 2 is 2.11 bits per heavy atom. The zero-order chi connectivity index (χ0) is 14.1. The van der Waals surface area contributed by atoms with Crippen LogP contribution in [0.5, 0.6) is 0 Å². The third kappa shape index (κ3) is 6.60. The smallest absolute Gasteiger partial charge is 0.242 e. The predicted molar refractivity (Wildman–Crippen MR) is 76.7 cm³/mol. The summed E-state index contributed by atoms with van der Waals surface area (Å²) in [6.07, 6.45) is 8.75. The molecule has 2 N–H and O–H groups in total. The quantitative estimate of drug-likeness (QED) is 0.631. The fraction of sp³-hybridized carbons (Fsp3) is 0.867. The van der Waals surface area contributed by atoms with E-state index in [1.165, 1.54) is 38.5 Å². The van der Waals surface area contributed by atoms with Crippen LogP contribution in [-0.2, 0) is 9.59 Å². The van der Waals surface area contributed by atoms with Crippen LogP contribution < -0.4 is 10.6 Å². The predicted octanol–water partition coefficient (Wildman–Crippen LogP) is 2.38. The Balaban J connectivity index is 2.04. The Morgan fingerprint density at radius 3 is 2.74 bits per heavy atom. The summed E-state index contributed by atoms with van der Waals surface area (Å²) in [7, 11) is 0. The van der Waals surface area contributed by atoms with Crippen molar-refractivity contribution in [2.24, 2.45) is 5.92 Å². The molecule has 1 saturated heterocycles. The third-order valence-electron chi connectivity index (χ3n) is 3.74. The van der Waals surface area contributed by atoms with Crippen molar-refractivity contribution < 1.29 is 9.59 Å². The van der Waals surface area contributed by atoms with Gasteiger partial charge in [0.05, 0.1) is 0 Å². The highest BCUT2D eigenvalue weighted by molar-refractivity contribution is 5.90. The van der Waals surface area contributed by atoms with Crippen LogP contribution in [0.1, 0.15) is 65.2 Å². The number of nitrogens with one attached hydrogen (secondary N) is 2. The van der Waals surface area contributed by atoms with Crippen molar-refractivity contribution in [1.82, 2.24) is 10.6 Å². The molecule has 1 heterocycles. The van der Waals surface area contributed by atoms with Crippen LogP contribution in [0.25, 0.3) is 0 Å². The lowest BCUT2D eigenvalue weighted by Crippen LogP contribution is -2.42. The van der Waals surface area contributed by atoms with Crippen LogP contribution in [0.2, 0.25) is 0 Å². The minimum Gasteiger partial charge on any atom is -0.354 e. The first-order valence-corrected chi connectivity index (χ1v) is 7.70. The minimum absolute atomic E-state index is 0.0101. The van der Waals surface area contributed by atoms with E-state index in [-0.39, 0.29) is 17.9 Å². The number of unbranched alkanes of at least 4 members (excludes halogenated alkanes) is 4. The van der Waals surface area contributed by atoms with E-state index in [2.05, 4.69) is 24.5 Å². The van der Waals surface area contributed by atoms with Crippen molar-refractivity contribution in [2.75, 3.05) is 6.54 Å². The molecule has 2 atom stereocenters. The van der Waals surface area contributed by atoms with Gasteiger partial charge in [-0.1, -0.05) is 46.0 Å². The standard InChI is InChI=1S/C15H28N2O2/c1-3-4-5-6-7-8-12(2)11-16-15(19)13-9-10-14(18)17-13/h12-13H,3-11H2,1-2H3,(H,16,19)(H,17,18)/t12-,13-/m1/s1. The topological polar surface area (TPSA) is 58.2 Å². The van der Waals surface area contributed by atoms with Gasteiger partial charge in [-0.05, 0) is 18.8 Å². The number of carbonyl (C=O) groups excluding carboxylic acids is 2. The van der Waals surface area contributed by atoms with Gasteiger partial charge >= 0.3 is 0 Å². The second-order valence-electron chi connectivity index (χ2n) is 5.71. The maximum atomic E-state index is 11.8. The Hall–Kier alpha value is -1.06. The van der Waals surface area contributed by atoms with Crippen LogP contribution in [-0.4, -0.2) is 24.4 Å². The van der Waals surface area contributed by atoms with Crippen molar-refractivity contribution >= 4 is 11.8 Å². The monoisotopic (exact) mass is 268 g/mol. The summed E-state index contributed by atoms with van der Waals surface area (Å²) >= 11 is 0. The highest BCUT2D eigenvalue weighted by atomic mass is 16.2. The van der Waals surface area contributed by atoms with E-state index in [0.29, 0.717) is 18.8 Å². The normalized spacial score (nSPS) is 20.1. The van der Waals surface area contributed by atoms with E-state index in [1.807, 2.05) is 0 Å². The highest BCUT2D eigenvalue weighted by Gasteiger charge is 2.26. The van der Waals surface area contributed by atoms with E-state index in [4.69, 9.17) is 0 Å². The van der Waals surface area contributed by atoms with E-state index >= 15 is 0 Å². The number of amides is 2. The van der Waals surface area contributed by atoms with Crippen LogP contribution in [0, 0.1) is 5.92 Å². The molecule has 0 aromatic rings. The lowest BCUT2D eigenvalue weighted by molar-refractivity contribution is -0.125. The van der Waals surface area contributed by atoms with Crippen LogP contribution >= 0.6 is 0 Å². The molecule has 0 unspecified atom stereocenters. The lowest BCUT2D eigenvalue weighted by atomic mass is 10.0. The Labute approximate surface area is 116 Å². The first kappa shape index (κ1) is 16.0. The van der Waals surface area contributed by atoms with Gasteiger partial charge in [0.25, 0.3) is 0 Å². The maximum Gasteiger partial charge on any atom is 0.242 e. The van der Waals surface area contributed by atoms with E-state index in [9.17, 15) is 9.59 Å². The molecule has 1 fully saturated rings. The summed E-state index contributed by atoms with van der Waals surface area (Å²) in [5.41, 5.74) is 0. The van der Waals surface area contributed by atoms with Gasteiger partial charge in [0.2, 0.25) is 11.8 Å². The van der Waals surface area contributed by atoms with E-state index in [0.717, 1.165) is 6.54 Å². The van der Waals surface area contributed by atoms with Gasteiger partial charge in [-0.3, -0.25) is 9.59 Å². The number of hydrogen-bond donors (Lipinski definition) is 2. The van der Waals surface area contributed by atoms with Crippen LogP contribution in [0.15, 0.2) is 0 Å². The van der Waals surface area contributed by atoms with Crippen molar-refractivity contribution in [2.45, 2.75) is 71.3 Å². The number of hydrogen-bond acceptors (Lipinski definition) is 2. The van der Waals surface area contributed by atoms with Crippen molar-refractivity contribution in [1.29, 1.82) is 0 Å².